The summed E-state index contributed by atoms with van der Waals surface area (Å²) in [5.41, 5.74) is 0. The molecule has 0 aliphatic carbocycles. The summed E-state index contributed by atoms with van der Waals surface area (Å²) in [6, 6.07) is 4.77. The Labute approximate surface area is 140 Å². The topological polar surface area (TPSA) is 77.3 Å². The average Bonchev–Trinajstić information content (AvgIpc) is 2.81. The van der Waals surface area contributed by atoms with Crippen LogP contribution in [0.5, 0.6) is 0 Å². The second-order valence-corrected chi connectivity index (χ2v) is 7.63. The van der Waals surface area contributed by atoms with Crippen LogP contribution >= 0.6 is 0 Å². The van der Waals surface area contributed by atoms with Crippen LogP contribution in [0.15, 0.2) is 29.2 Å². The number of ether oxygens (including phenoxy) is 1. The van der Waals surface area contributed by atoms with E-state index in [1.165, 1.54) is 22.5 Å². The van der Waals surface area contributed by atoms with E-state index in [4.69, 9.17) is 4.74 Å². The Hall–Kier alpha value is -1.84. The third-order valence-corrected chi connectivity index (χ3v) is 6.10. The Morgan fingerprint density at radius 2 is 2.12 bits per heavy atom. The fourth-order valence-electron chi connectivity index (χ4n) is 2.92. The molecule has 1 aromatic carbocycles. The summed E-state index contributed by atoms with van der Waals surface area (Å²) < 4.78 is 47.6. The highest BCUT2D eigenvalue weighted by Crippen LogP contribution is 2.23. The molecule has 3 rings (SSSR count). The molecule has 0 N–H and O–H groups in total. The van der Waals surface area contributed by atoms with Crippen LogP contribution in [0.25, 0.3) is 0 Å². The van der Waals surface area contributed by atoms with E-state index in [9.17, 15) is 12.8 Å². The van der Waals surface area contributed by atoms with Gasteiger partial charge in [0.05, 0.1) is 4.90 Å². The van der Waals surface area contributed by atoms with Crippen molar-refractivity contribution in [3.8, 4) is 0 Å². The molecule has 0 amide bonds. The summed E-state index contributed by atoms with van der Waals surface area (Å²) in [7, 11) is -2.21. The summed E-state index contributed by atoms with van der Waals surface area (Å²) in [4.78, 5) is -0.0378. The second kappa shape index (κ2) is 6.58. The van der Waals surface area contributed by atoms with Gasteiger partial charge < -0.3 is 9.30 Å². The van der Waals surface area contributed by atoms with Crippen LogP contribution in [0.1, 0.15) is 18.6 Å². The molecule has 9 heteroatoms. The zero-order valence-corrected chi connectivity index (χ0v) is 14.3. The largest absolute Gasteiger partial charge is 0.377 e. The zero-order valence-electron chi connectivity index (χ0n) is 13.5. The van der Waals surface area contributed by atoms with E-state index in [1.807, 2.05) is 11.5 Å². The Morgan fingerprint density at radius 1 is 1.33 bits per heavy atom. The quantitative estimate of drug-likeness (QED) is 0.824. The van der Waals surface area contributed by atoms with Gasteiger partial charge in [0.25, 0.3) is 0 Å². The number of benzene rings is 1. The lowest BCUT2D eigenvalue weighted by molar-refractivity contribution is 0.173. The number of rotatable bonds is 4. The average molecular weight is 354 g/mol. The highest BCUT2D eigenvalue weighted by molar-refractivity contribution is 7.89. The monoisotopic (exact) mass is 354 g/mol. The molecule has 7 nitrogen and oxygen atoms in total. The number of aromatic nitrogens is 3. The maximum absolute atomic E-state index is 13.4. The van der Waals surface area contributed by atoms with Gasteiger partial charge in [-0.3, -0.25) is 0 Å². The molecule has 1 aromatic heterocycles. The first-order valence-electron chi connectivity index (χ1n) is 7.61. The lowest BCUT2D eigenvalue weighted by Crippen LogP contribution is -2.40. The number of hydrogen-bond donors (Lipinski definition) is 0. The Balaban J connectivity index is 1.91. The van der Waals surface area contributed by atoms with Crippen molar-refractivity contribution < 1.29 is 17.5 Å². The Morgan fingerprint density at radius 3 is 2.83 bits per heavy atom. The molecule has 2 heterocycles. The lowest BCUT2D eigenvalue weighted by atomic mass is 10.2. The molecular weight excluding hydrogens is 335 g/mol. The first-order chi connectivity index (χ1) is 11.4. The van der Waals surface area contributed by atoms with Crippen molar-refractivity contribution >= 4 is 10.0 Å². The van der Waals surface area contributed by atoms with Gasteiger partial charge in [0.2, 0.25) is 10.0 Å². The summed E-state index contributed by atoms with van der Waals surface area (Å²) in [6.45, 7) is 2.83. The predicted octanol–water partition coefficient (Wildman–Crippen LogP) is 1.20. The van der Waals surface area contributed by atoms with Gasteiger partial charge in [-0.25, -0.2) is 12.8 Å². The molecular formula is C15H19FN4O3S. The third-order valence-electron chi connectivity index (χ3n) is 4.09. The number of nitrogens with zero attached hydrogens (tertiary/aromatic N) is 4. The van der Waals surface area contributed by atoms with E-state index in [2.05, 4.69) is 10.2 Å². The van der Waals surface area contributed by atoms with Crippen LogP contribution in [0.4, 0.5) is 4.39 Å². The molecule has 0 fully saturated rings. The Kier molecular flexibility index (Phi) is 4.66. The summed E-state index contributed by atoms with van der Waals surface area (Å²) in [6.07, 6.45) is 0.436. The summed E-state index contributed by atoms with van der Waals surface area (Å²) in [5.74, 6) is 0.828. The van der Waals surface area contributed by atoms with Crippen LogP contribution < -0.4 is 0 Å². The Bertz CT molecular complexity index is 837. The maximum Gasteiger partial charge on any atom is 0.243 e. The van der Waals surface area contributed by atoms with Crippen LogP contribution in [-0.2, 0) is 34.3 Å². The number of hydrogen-bond acceptors (Lipinski definition) is 5. The van der Waals surface area contributed by atoms with E-state index in [0.29, 0.717) is 25.4 Å². The molecule has 0 saturated carbocycles. The van der Waals surface area contributed by atoms with Crippen molar-refractivity contribution in [3.63, 3.8) is 0 Å². The van der Waals surface area contributed by atoms with Crippen LogP contribution in [0.3, 0.4) is 0 Å². The van der Waals surface area contributed by atoms with Crippen LogP contribution in [-0.4, -0.2) is 47.2 Å². The molecule has 1 aliphatic rings. The highest BCUT2D eigenvalue weighted by Gasteiger charge is 2.33. The smallest absolute Gasteiger partial charge is 0.243 e. The molecule has 1 unspecified atom stereocenters. The second-order valence-electron chi connectivity index (χ2n) is 5.74. The highest BCUT2D eigenvalue weighted by atomic mass is 32.2. The maximum atomic E-state index is 13.4. The van der Waals surface area contributed by atoms with E-state index >= 15 is 0 Å². The van der Waals surface area contributed by atoms with Crippen molar-refractivity contribution in [1.82, 2.24) is 19.1 Å². The van der Waals surface area contributed by atoms with Gasteiger partial charge in [-0.1, -0.05) is 6.07 Å². The summed E-state index contributed by atoms with van der Waals surface area (Å²) >= 11 is 0. The predicted molar refractivity (Wildman–Crippen MR) is 84.2 cm³/mol. The van der Waals surface area contributed by atoms with Gasteiger partial charge in [0, 0.05) is 32.7 Å². The van der Waals surface area contributed by atoms with Crippen molar-refractivity contribution in [2.45, 2.75) is 37.4 Å². The minimum absolute atomic E-state index is 0.0378. The van der Waals surface area contributed by atoms with Gasteiger partial charge >= 0.3 is 0 Å². The molecule has 0 bridgehead atoms. The molecule has 0 spiro atoms. The number of halogens is 1. The van der Waals surface area contributed by atoms with Gasteiger partial charge in [-0.2, -0.15) is 4.31 Å². The van der Waals surface area contributed by atoms with Gasteiger partial charge in [-0.05, 0) is 25.1 Å². The van der Waals surface area contributed by atoms with Crippen molar-refractivity contribution in [2.75, 3.05) is 13.7 Å². The molecule has 0 radical (unpaired) electrons. The molecule has 0 saturated heterocycles. The lowest BCUT2D eigenvalue weighted by Gasteiger charge is -2.25. The van der Waals surface area contributed by atoms with Gasteiger partial charge in [-0.15, -0.1) is 10.2 Å². The van der Waals surface area contributed by atoms with Crippen molar-refractivity contribution in [2.24, 2.45) is 0 Å². The van der Waals surface area contributed by atoms with E-state index < -0.39 is 15.8 Å². The van der Waals surface area contributed by atoms with Gasteiger partial charge in [0.15, 0.2) is 5.82 Å². The van der Waals surface area contributed by atoms with E-state index in [1.54, 1.807) is 7.11 Å². The number of fused-ring (bicyclic) bond motifs is 1. The van der Waals surface area contributed by atoms with Crippen LogP contribution in [0.2, 0.25) is 0 Å². The number of sulfonamides is 1. The number of methoxy groups -OCH3 is 1. The van der Waals surface area contributed by atoms with E-state index in [-0.39, 0.29) is 17.5 Å². The molecule has 1 atom stereocenters. The molecule has 1 aliphatic heterocycles. The van der Waals surface area contributed by atoms with Gasteiger partial charge in [0.1, 0.15) is 18.2 Å². The first-order valence-corrected chi connectivity index (χ1v) is 9.05. The minimum Gasteiger partial charge on any atom is -0.377 e. The minimum atomic E-state index is -3.78. The molecule has 2 aromatic rings. The summed E-state index contributed by atoms with van der Waals surface area (Å²) in [5, 5.41) is 8.23. The molecule has 24 heavy (non-hydrogen) atoms. The molecule has 130 valence electrons. The third kappa shape index (κ3) is 3.06. The zero-order chi connectivity index (χ0) is 17.3. The van der Waals surface area contributed by atoms with E-state index in [0.717, 1.165) is 11.9 Å². The fraction of sp³-hybridized carbons (Fsp3) is 0.467. The normalized spacial score (nSPS) is 19.0. The fourth-order valence-corrected chi connectivity index (χ4v) is 4.58. The van der Waals surface area contributed by atoms with Crippen molar-refractivity contribution in [1.29, 1.82) is 0 Å². The first kappa shape index (κ1) is 17.0. The van der Waals surface area contributed by atoms with Crippen LogP contribution in [0, 0.1) is 5.82 Å². The SMILES string of the molecule is COCc1nnc2n1CCN(S(=O)(=O)c1cccc(F)c1)C(C)C2. The van der Waals surface area contributed by atoms with Crippen molar-refractivity contribution in [3.05, 3.63) is 41.7 Å². The standard InChI is InChI=1S/C15H19FN4O3S/c1-11-8-14-17-18-15(10-23-2)19(14)6-7-20(11)24(21,22)13-5-3-4-12(16)9-13/h3-5,9,11H,6-8,10H2,1-2H3.